The molecule has 0 aliphatic heterocycles. The summed E-state index contributed by atoms with van der Waals surface area (Å²) in [6.07, 6.45) is 95.8. The average molecular weight is 1160 g/mol. The highest BCUT2D eigenvalue weighted by molar-refractivity contribution is 5.71. The van der Waals surface area contributed by atoms with Crippen LogP contribution in [0.3, 0.4) is 0 Å². The largest absolute Gasteiger partial charge is 0.462 e. The maximum absolute atomic E-state index is 12.9. The SMILES string of the molecule is CC/C=C\C/C=C\C/C=C\C/C=C\C/C=C\CCCCCCCC(=O)OC(COC(=O)CCCCCCC/C=C\C/C=C\CCCCC)COC(=O)CCCCCCCCCCCCCCCCCCC/C=C\CCCCCCCCCC. The normalized spacial score (nSPS) is 12.7. The molecule has 478 valence electrons. The fourth-order valence-electron chi connectivity index (χ4n) is 10.2. The first-order valence-corrected chi connectivity index (χ1v) is 35.7. The Kier molecular flexibility index (Phi) is 67.7. The maximum atomic E-state index is 12.9. The van der Waals surface area contributed by atoms with E-state index in [9.17, 15) is 14.4 Å². The predicted octanol–water partition coefficient (Wildman–Crippen LogP) is 24.8. The molecule has 0 rings (SSSR count). The van der Waals surface area contributed by atoms with Crippen LogP contribution in [0.4, 0.5) is 0 Å². The lowest BCUT2D eigenvalue weighted by atomic mass is 10.0. The number of carbonyl (C=O) groups excluding carboxylic acids is 3. The second kappa shape index (κ2) is 70.8. The van der Waals surface area contributed by atoms with Gasteiger partial charge in [0.1, 0.15) is 13.2 Å². The van der Waals surface area contributed by atoms with Gasteiger partial charge in [-0.25, -0.2) is 0 Å². The van der Waals surface area contributed by atoms with E-state index in [0.717, 1.165) is 135 Å². The van der Waals surface area contributed by atoms with Gasteiger partial charge in [0.05, 0.1) is 0 Å². The average Bonchev–Trinajstić information content (AvgIpc) is 3.49. The van der Waals surface area contributed by atoms with Gasteiger partial charge in [0, 0.05) is 19.3 Å². The molecule has 6 nitrogen and oxygen atoms in total. The van der Waals surface area contributed by atoms with Gasteiger partial charge in [-0.15, -0.1) is 0 Å². The lowest BCUT2D eigenvalue weighted by Crippen LogP contribution is -2.30. The van der Waals surface area contributed by atoms with Crippen LogP contribution in [0.15, 0.2) is 97.2 Å². The van der Waals surface area contributed by atoms with Crippen molar-refractivity contribution in [2.75, 3.05) is 13.2 Å². The lowest BCUT2D eigenvalue weighted by molar-refractivity contribution is -0.167. The van der Waals surface area contributed by atoms with Gasteiger partial charge in [-0.1, -0.05) is 311 Å². The number of rotatable bonds is 65. The molecule has 0 spiro atoms. The molecular formula is C77H134O6. The molecule has 1 atom stereocenters. The Bertz CT molecular complexity index is 1610. The first kappa shape index (κ1) is 79.3. The zero-order valence-electron chi connectivity index (χ0n) is 54.9. The Morgan fingerprint density at radius 2 is 0.470 bits per heavy atom. The standard InChI is InChI=1S/C77H134O6/c1-4-7-10-13-16-19-22-25-28-30-32-34-35-36-37-38-39-40-41-43-44-46-49-52-55-58-61-64-67-70-76(79)82-73-74(72-81-75(78)69-66-63-60-57-54-51-48-27-24-21-18-15-12-9-6-3)83-77(80)71-68-65-62-59-56-53-50-47-45-42-33-31-29-26-23-20-17-14-11-8-5-2/h8,11,17-18,20-21,26-27,29-30,32-33,42,47-48,50,74H,4-7,9-10,12-16,19,22-25,28,31,34-41,43-46,49,51-73H2,1-3H3/b11-8-,20-17-,21-18-,29-26-,32-30-,42-33-,48-27-,50-47-. The minimum atomic E-state index is -0.796. The third kappa shape index (κ3) is 69.0. The Hall–Kier alpha value is -3.67. The molecule has 1 unspecified atom stereocenters. The van der Waals surface area contributed by atoms with Crippen LogP contribution in [0.1, 0.15) is 355 Å². The van der Waals surface area contributed by atoms with Gasteiger partial charge in [0.2, 0.25) is 0 Å². The van der Waals surface area contributed by atoms with Crippen molar-refractivity contribution >= 4 is 17.9 Å². The Labute approximate surface area is 515 Å². The number of allylic oxidation sites excluding steroid dienone is 16. The molecule has 0 saturated heterocycles. The van der Waals surface area contributed by atoms with Gasteiger partial charge in [0.15, 0.2) is 6.10 Å². The highest BCUT2D eigenvalue weighted by Crippen LogP contribution is 2.17. The molecule has 0 N–H and O–H groups in total. The minimum Gasteiger partial charge on any atom is -0.462 e. The van der Waals surface area contributed by atoms with Crippen LogP contribution in [-0.4, -0.2) is 37.2 Å². The van der Waals surface area contributed by atoms with E-state index in [-0.39, 0.29) is 31.1 Å². The fourth-order valence-corrected chi connectivity index (χ4v) is 10.2. The van der Waals surface area contributed by atoms with Crippen LogP contribution >= 0.6 is 0 Å². The van der Waals surface area contributed by atoms with Crippen LogP contribution in [0.2, 0.25) is 0 Å². The Balaban J connectivity index is 4.30. The fraction of sp³-hybridized carbons (Fsp3) is 0.753. The monoisotopic (exact) mass is 1160 g/mol. The molecular weight excluding hydrogens is 1020 g/mol. The van der Waals surface area contributed by atoms with Crippen molar-refractivity contribution in [2.45, 2.75) is 361 Å². The van der Waals surface area contributed by atoms with E-state index in [4.69, 9.17) is 14.2 Å². The second-order valence-corrected chi connectivity index (χ2v) is 23.8. The van der Waals surface area contributed by atoms with E-state index in [1.807, 2.05) is 0 Å². The highest BCUT2D eigenvalue weighted by atomic mass is 16.6. The minimum absolute atomic E-state index is 0.0882. The predicted molar refractivity (Wildman–Crippen MR) is 362 cm³/mol. The van der Waals surface area contributed by atoms with E-state index in [0.29, 0.717) is 19.3 Å². The quantitative estimate of drug-likeness (QED) is 0.0261. The summed E-state index contributed by atoms with van der Waals surface area (Å²) in [6, 6.07) is 0. The summed E-state index contributed by atoms with van der Waals surface area (Å²) in [5.74, 6) is -0.907. The van der Waals surface area contributed by atoms with Crippen molar-refractivity contribution in [1.29, 1.82) is 0 Å². The van der Waals surface area contributed by atoms with Crippen LogP contribution in [0.25, 0.3) is 0 Å². The molecule has 0 aliphatic carbocycles. The van der Waals surface area contributed by atoms with Crippen LogP contribution in [0.5, 0.6) is 0 Å². The summed E-state index contributed by atoms with van der Waals surface area (Å²) in [5, 5.41) is 0. The second-order valence-electron chi connectivity index (χ2n) is 23.8. The zero-order chi connectivity index (χ0) is 59.9. The number of ether oxygens (including phenoxy) is 3. The van der Waals surface area contributed by atoms with Gasteiger partial charge in [-0.3, -0.25) is 14.4 Å². The third-order valence-corrected chi connectivity index (χ3v) is 15.5. The summed E-state index contributed by atoms with van der Waals surface area (Å²) >= 11 is 0. The molecule has 0 heterocycles. The highest BCUT2D eigenvalue weighted by Gasteiger charge is 2.19. The van der Waals surface area contributed by atoms with Gasteiger partial charge >= 0.3 is 17.9 Å². The van der Waals surface area contributed by atoms with Crippen molar-refractivity contribution in [3.8, 4) is 0 Å². The lowest BCUT2D eigenvalue weighted by Gasteiger charge is -2.18. The molecule has 0 fully saturated rings. The summed E-state index contributed by atoms with van der Waals surface area (Å²) in [5.41, 5.74) is 0. The molecule has 0 aromatic heterocycles. The first-order chi connectivity index (χ1) is 41.0. The summed E-state index contributed by atoms with van der Waals surface area (Å²) in [4.78, 5) is 38.4. The molecule has 83 heavy (non-hydrogen) atoms. The number of esters is 3. The van der Waals surface area contributed by atoms with Gasteiger partial charge in [-0.2, -0.15) is 0 Å². The van der Waals surface area contributed by atoms with E-state index >= 15 is 0 Å². The molecule has 0 aromatic rings. The summed E-state index contributed by atoms with van der Waals surface area (Å²) in [7, 11) is 0. The molecule has 0 amide bonds. The molecule has 0 aromatic carbocycles. The van der Waals surface area contributed by atoms with E-state index < -0.39 is 6.10 Å². The summed E-state index contributed by atoms with van der Waals surface area (Å²) < 4.78 is 17.0. The molecule has 0 bridgehead atoms. The number of unbranched alkanes of at least 4 members (excludes halogenated alkanes) is 38. The van der Waals surface area contributed by atoms with Crippen molar-refractivity contribution in [2.24, 2.45) is 0 Å². The zero-order valence-corrected chi connectivity index (χ0v) is 54.9. The number of carbonyl (C=O) groups is 3. The molecule has 0 radical (unpaired) electrons. The van der Waals surface area contributed by atoms with Crippen molar-refractivity contribution in [3.05, 3.63) is 97.2 Å². The molecule has 0 saturated carbocycles. The smallest absolute Gasteiger partial charge is 0.306 e. The van der Waals surface area contributed by atoms with Crippen LogP contribution in [0, 0.1) is 0 Å². The Morgan fingerprint density at radius 3 is 0.771 bits per heavy atom. The van der Waals surface area contributed by atoms with Gasteiger partial charge < -0.3 is 14.2 Å². The van der Waals surface area contributed by atoms with Crippen molar-refractivity contribution in [1.82, 2.24) is 0 Å². The molecule has 6 heteroatoms. The van der Waals surface area contributed by atoms with Crippen molar-refractivity contribution < 1.29 is 28.6 Å². The molecule has 0 aliphatic rings. The van der Waals surface area contributed by atoms with Crippen LogP contribution < -0.4 is 0 Å². The topological polar surface area (TPSA) is 78.9 Å². The van der Waals surface area contributed by atoms with E-state index in [1.165, 1.54) is 180 Å². The van der Waals surface area contributed by atoms with Crippen molar-refractivity contribution in [3.63, 3.8) is 0 Å². The summed E-state index contributed by atoms with van der Waals surface area (Å²) in [6.45, 7) is 6.51. The van der Waals surface area contributed by atoms with Gasteiger partial charge in [-0.05, 0) is 122 Å². The third-order valence-electron chi connectivity index (χ3n) is 15.5. The first-order valence-electron chi connectivity index (χ1n) is 35.7. The Morgan fingerprint density at radius 1 is 0.253 bits per heavy atom. The number of hydrogen-bond acceptors (Lipinski definition) is 6. The van der Waals surface area contributed by atoms with Gasteiger partial charge in [0.25, 0.3) is 0 Å². The maximum Gasteiger partial charge on any atom is 0.306 e. The number of hydrogen-bond donors (Lipinski definition) is 0. The van der Waals surface area contributed by atoms with E-state index in [1.54, 1.807) is 0 Å². The van der Waals surface area contributed by atoms with E-state index in [2.05, 4.69) is 118 Å². The van der Waals surface area contributed by atoms with Crippen LogP contribution in [-0.2, 0) is 28.6 Å².